The van der Waals surface area contributed by atoms with Gasteiger partial charge in [-0.3, -0.25) is 0 Å². The van der Waals surface area contributed by atoms with Gasteiger partial charge in [-0.15, -0.1) is 0 Å². The van der Waals surface area contributed by atoms with E-state index in [0.29, 0.717) is 15.7 Å². The summed E-state index contributed by atoms with van der Waals surface area (Å²) in [7, 11) is 0. The van der Waals surface area contributed by atoms with Gasteiger partial charge >= 0.3 is 0 Å². The SMILES string of the molecule is Nc1nc(-c2ccc(-c3ccccc3)cc2)c(Cl)cc1Cl. The first kappa shape index (κ1) is 13.9. The van der Waals surface area contributed by atoms with E-state index in [4.69, 9.17) is 28.9 Å². The fraction of sp³-hybridized carbons (Fsp3) is 0. The number of aromatic nitrogens is 1. The van der Waals surface area contributed by atoms with Crippen molar-refractivity contribution in [2.45, 2.75) is 0 Å². The van der Waals surface area contributed by atoms with Crippen molar-refractivity contribution < 1.29 is 0 Å². The fourth-order valence-corrected chi connectivity index (χ4v) is 2.60. The minimum Gasteiger partial charge on any atom is -0.382 e. The lowest BCUT2D eigenvalue weighted by atomic mass is 10.0. The van der Waals surface area contributed by atoms with E-state index < -0.39 is 0 Å². The van der Waals surface area contributed by atoms with Crippen molar-refractivity contribution in [1.82, 2.24) is 4.98 Å². The maximum atomic E-state index is 6.19. The molecule has 0 aliphatic heterocycles. The van der Waals surface area contributed by atoms with Gasteiger partial charge in [0.05, 0.1) is 15.7 Å². The zero-order chi connectivity index (χ0) is 14.8. The molecule has 0 bridgehead atoms. The average molecular weight is 315 g/mol. The van der Waals surface area contributed by atoms with Crippen molar-refractivity contribution in [2.75, 3.05) is 5.73 Å². The van der Waals surface area contributed by atoms with Crippen molar-refractivity contribution in [3.8, 4) is 22.4 Å². The average Bonchev–Trinajstić information content (AvgIpc) is 2.52. The van der Waals surface area contributed by atoms with Gasteiger partial charge in [0.2, 0.25) is 0 Å². The molecule has 0 amide bonds. The van der Waals surface area contributed by atoms with Gasteiger partial charge in [0.1, 0.15) is 5.82 Å². The molecule has 0 fully saturated rings. The van der Waals surface area contributed by atoms with Gasteiger partial charge in [-0.05, 0) is 17.2 Å². The molecule has 21 heavy (non-hydrogen) atoms. The van der Waals surface area contributed by atoms with Gasteiger partial charge in [-0.25, -0.2) is 4.98 Å². The molecule has 1 heterocycles. The Kier molecular flexibility index (Phi) is 3.82. The molecular formula is C17H12Cl2N2. The number of nitrogen functional groups attached to an aromatic ring is 1. The van der Waals surface area contributed by atoms with Gasteiger partial charge in [0.25, 0.3) is 0 Å². The number of nitrogens with two attached hydrogens (primary N) is 1. The number of halogens is 2. The van der Waals surface area contributed by atoms with Crippen molar-refractivity contribution >= 4 is 29.0 Å². The van der Waals surface area contributed by atoms with E-state index in [2.05, 4.69) is 17.1 Å². The summed E-state index contributed by atoms with van der Waals surface area (Å²) < 4.78 is 0. The molecule has 2 aromatic carbocycles. The van der Waals surface area contributed by atoms with E-state index >= 15 is 0 Å². The van der Waals surface area contributed by atoms with Gasteiger partial charge < -0.3 is 5.73 Å². The minimum absolute atomic E-state index is 0.281. The number of hydrogen-bond acceptors (Lipinski definition) is 2. The number of pyridine rings is 1. The Hall–Kier alpha value is -2.03. The second kappa shape index (κ2) is 5.76. The zero-order valence-electron chi connectivity index (χ0n) is 11.1. The van der Waals surface area contributed by atoms with E-state index in [1.807, 2.05) is 42.5 Å². The first-order valence-corrected chi connectivity index (χ1v) is 7.18. The summed E-state index contributed by atoms with van der Waals surface area (Å²) in [5.41, 5.74) is 9.59. The molecule has 1 aromatic heterocycles. The van der Waals surface area contributed by atoms with Crippen LogP contribution >= 0.6 is 23.2 Å². The Balaban J connectivity index is 2.00. The first-order valence-electron chi connectivity index (χ1n) is 6.42. The second-order valence-corrected chi connectivity index (χ2v) is 5.44. The standard InChI is InChI=1S/C17H12Cl2N2/c18-14-10-15(19)17(20)21-16(14)13-8-6-12(7-9-13)11-4-2-1-3-5-11/h1-10H,(H2,20,21). The third-order valence-corrected chi connectivity index (χ3v) is 3.81. The molecule has 2 N–H and O–H groups in total. The summed E-state index contributed by atoms with van der Waals surface area (Å²) >= 11 is 12.1. The van der Waals surface area contributed by atoms with Crippen LogP contribution in [0.2, 0.25) is 10.0 Å². The molecule has 0 saturated heterocycles. The Morgan fingerprint density at radius 2 is 1.29 bits per heavy atom. The third kappa shape index (κ3) is 2.87. The predicted molar refractivity (Wildman–Crippen MR) is 89.5 cm³/mol. The molecule has 3 aromatic rings. The molecule has 3 rings (SSSR count). The predicted octanol–water partition coefficient (Wildman–Crippen LogP) is 5.30. The number of anilines is 1. The van der Waals surface area contributed by atoms with Crippen LogP contribution < -0.4 is 5.73 Å². The van der Waals surface area contributed by atoms with Gasteiger partial charge in [0.15, 0.2) is 0 Å². The maximum absolute atomic E-state index is 6.19. The lowest BCUT2D eigenvalue weighted by Gasteiger charge is -2.08. The number of nitrogens with zero attached hydrogens (tertiary/aromatic N) is 1. The van der Waals surface area contributed by atoms with Crippen molar-refractivity contribution in [2.24, 2.45) is 0 Å². The second-order valence-electron chi connectivity index (χ2n) is 4.63. The minimum atomic E-state index is 0.281. The Labute approximate surface area is 133 Å². The molecule has 0 saturated carbocycles. The van der Waals surface area contributed by atoms with E-state index in [-0.39, 0.29) is 5.82 Å². The Morgan fingerprint density at radius 1 is 0.714 bits per heavy atom. The fourth-order valence-electron chi connectivity index (χ4n) is 2.13. The summed E-state index contributed by atoms with van der Waals surface area (Å²) in [4.78, 5) is 4.26. The largest absolute Gasteiger partial charge is 0.382 e. The van der Waals surface area contributed by atoms with E-state index in [1.54, 1.807) is 6.07 Å². The van der Waals surface area contributed by atoms with E-state index in [1.165, 1.54) is 5.56 Å². The molecule has 0 atom stereocenters. The number of benzene rings is 2. The third-order valence-electron chi connectivity index (χ3n) is 3.22. The number of hydrogen-bond donors (Lipinski definition) is 1. The van der Waals surface area contributed by atoms with Crippen LogP contribution in [0.1, 0.15) is 0 Å². The summed E-state index contributed by atoms with van der Waals surface area (Å²) in [6, 6.07) is 19.8. The lowest BCUT2D eigenvalue weighted by Crippen LogP contribution is -1.94. The van der Waals surface area contributed by atoms with E-state index in [9.17, 15) is 0 Å². The van der Waals surface area contributed by atoms with Crippen LogP contribution in [-0.4, -0.2) is 4.98 Å². The molecule has 2 nitrogen and oxygen atoms in total. The smallest absolute Gasteiger partial charge is 0.143 e. The van der Waals surface area contributed by atoms with Crippen LogP contribution in [-0.2, 0) is 0 Å². The highest BCUT2D eigenvalue weighted by Crippen LogP contribution is 2.32. The summed E-state index contributed by atoms with van der Waals surface area (Å²) in [5.74, 6) is 0.281. The summed E-state index contributed by atoms with van der Waals surface area (Å²) in [5, 5.41) is 0.853. The number of rotatable bonds is 2. The molecule has 0 aliphatic rings. The molecule has 0 spiro atoms. The Bertz CT molecular complexity index is 769. The van der Waals surface area contributed by atoms with Crippen LogP contribution in [0.5, 0.6) is 0 Å². The lowest BCUT2D eigenvalue weighted by molar-refractivity contribution is 1.33. The highest BCUT2D eigenvalue weighted by atomic mass is 35.5. The van der Waals surface area contributed by atoms with Gasteiger partial charge in [0, 0.05) is 5.56 Å². The van der Waals surface area contributed by atoms with Crippen molar-refractivity contribution in [3.05, 3.63) is 70.7 Å². The molecule has 4 heteroatoms. The van der Waals surface area contributed by atoms with E-state index in [0.717, 1.165) is 11.1 Å². The first-order chi connectivity index (χ1) is 10.1. The van der Waals surface area contributed by atoms with Crippen LogP contribution in [0.25, 0.3) is 22.4 Å². The highest BCUT2D eigenvalue weighted by Gasteiger charge is 2.09. The molecule has 104 valence electrons. The maximum Gasteiger partial charge on any atom is 0.143 e. The van der Waals surface area contributed by atoms with Crippen LogP contribution in [0.4, 0.5) is 5.82 Å². The normalized spacial score (nSPS) is 10.6. The highest BCUT2D eigenvalue weighted by molar-refractivity contribution is 6.37. The molecular weight excluding hydrogens is 303 g/mol. The van der Waals surface area contributed by atoms with Crippen molar-refractivity contribution in [1.29, 1.82) is 0 Å². The monoisotopic (exact) mass is 314 g/mol. The van der Waals surface area contributed by atoms with Crippen molar-refractivity contribution in [3.63, 3.8) is 0 Å². The molecule has 0 aliphatic carbocycles. The van der Waals surface area contributed by atoms with Gasteiger partial charge in [-0.2, -0.15) is 0 Å². The van der Waals surface area contributed by atoms with Crippen LogP contribution in [0.15, 0.2) is 60.7 Å². The summed E-state index contributed by atoms with van der Waals surface area (Å²) in [6.07, 6.45) is 0. The van der Waals surface area contributed by atoms with Gasteiger partial charge in [-0.1, -0.05) is 77.8 Å². The topological polar surface area (TPSA) is 38.9 Å². The molecule has 0 unspecified atom stereocenters. The Morgan fingerprint density at radius 3 is 1.95 bits per heavy atom. The van der Waals surface area contributed by atoms with Crippen LogP contribution in [0.3, 0.4) is 0 Å². The molecule has 0 radical (unpaired) electrons. The zero-order valence-corrected chi connectivity index (χ0v) is 12.6. The quantitative estimate of drug-likeness (QED) is 0.696. The summed E-state index contributed by atoms with van der Waals surface area (Å²) in [6.45, 7) is 0. The van der Waals surface area contributed by atoms with Crippen LogP contribution in [0, 0.1) is 0 Å².